The minimum atomic E-state index is -0.315. The number of ether oxygens (including phenoxy) is 2. The van der Waals surface area contributed by atoms with Crippen LogP contribution in [0.25, 0.3) is 5.82 Å². The monoisotopic (exact) mass is 381 g/mol. The predicted octanol–water partition coefficient (Wildman–Crippen LogP) is 1.76. The molecule has 0 saturated carbocycles. The highest BCUT2D eigenvalue weighted by Crippen LogP contribution is 2.43. The third-order valence-electron chi connectivity index (χ3n) is 4.80. The van der Waals surface area contributed by atoms with E-state index in [4.69, 9.17) is 9.47 Å². The second-order valence-electron chi connectivity index (χ2n) is 6.45. The first-order chi connectivity index (χ1) is 13.5. The maximum Gasteiger partial charge on any atom is 0.264 e. The Morgan fingerprint density at radius 3 is 2.64 bits per heavy atom. The Morgan fingerprint density at radius 1 is 1.14 bits per heavy atom. The second-order valence-corrected chi connectivity index (χ2v) is 6.45. The first kappa shape index (κ1) is 17.8. The van der Waals surface area contributed by atoms with Gasteiger partial charge in [0.1, 0.15) is 17.3 Å². The third-order valence-corrected chi connectivity index (χ3v) is 4.80. The van der Waals surface area contributed by atoms with Crippen LogP contribution in [0.1, 0.15) is 29.2 Å². The van der Waals surface area contributed by atoms with Crippen LogP contribution in [0.3, 0.4) is 0 Å². The van der Waals surface area contributed by atoms with Crippen LogP contribution >= 0.6 is 0 Å². The van der Waals surface area contributed by atoms with Gasteiger partial charge in [0.2, 0.25) is 5.91 Å². The number of nitrogens with one attached hydrogen (secondary N) is 2. The molecule has 0 radical (unpaired) electrons. The summed E-state index contributed by atoms with van der Waals surface area (Å²) in [4.78, 5) is 23.8. The van der Waals surface area contributed by atoms with Crippen molar-refractivity contribution >= 4 is 11.7 Å². The molecule has 1 aliphatic rings. The highest BCUT2D eigenvalue weighted by atomic mass is 16.5. The first-order valence-corrected chi connectivity index (χ1v) is 8.69. The van der Waals surface area contributed by atoms with E-state index in [0.717, 1.165) is 16.8 Å². The van der Waals surface area contributed by atoms with Gasteiger partial charge in [-0.15, -0.1) is 0 Å². The summed E-state index contributed by atoms with van der Waals surface area (Å²) in [6, 6.07) is 8.42. The molecular formula is C19H19N5O4. The molecule has 2 N–H and O–H groups in total. The van der Waals surface area contributed by atoms with Crippen LogP contribution in [0, 0.1) is 6.92 Å². The number of fused-ring (bicyclic) bond motifs is 1. The standard InChI is InChI=1S/C19H19N5O4/c1-10-18-13(12-8-11(27-2)4-5-14(12)28-3)9-17(26)20-19(18)24(23-10)15-6-7-16(25)22-21-15/h4-8,13H,9H2,1-3H3,(H,20,26)(H,22,25)/t13-/m1/s1. The van der Waals surface area contributed by atoms with Crippen LogP contribution in [0.2, 0.25) is 0 Å². The van der Waals surface area contributed by atoms with E-state index in [1.165, 1.54) is 10.7 Å². The lowest BCUT2D eigenvalue weighted by atomic mass is 9.85. The summed E-state index contributed by atoms with van der Waals surface area (Å²) in [7, 11) is 3.19. The zero-order chi connectivity index (χ0) is 19.8. The van der Waals surface area contributed by atoms with Crippen molar-refractivity contribution in [2.24, 2.45) is 0 Å². The second kappa shape index (κ2) is 6.84. The molecule has 1 amide bonds. The number of methoxy groups -OCH3 is 2. The molecule has 0 fully saturated rings. The number of aromatic nitrogens is 4. The van der Waals surface area contributed by atoms with E-state index in [1.54, 1.807) is 20.3 Å². The van der Waals surface area contributed by atoms with Crippen molar-refractivity contribution in [1.29, 1.82) is 0 Å². The summed E-state index contributed by atoms with van der Waals surface area (Å²) in [5, 5.41) is 13.8. The quantitative estimate of drug-likeness (QED) is 0.712. The van der Waals surface area contributed by atoms with E-state index in [1.807, 2.05) is 25.1 Å². The summed E-state index contributed by atoms with van der Waals surface area (Å²) in [5.41, 5.74) is 2.15. The predicted molar refractivity (Wildman–Crippen MR) is 101 cm³/mol. The van der Waals surface area contributed by atoms with E-state index in [9.17, 15) is 9.59 Å². The lowest BCUT2D eigenvalue weighted by Gasteiger charge is -2.25. The SMILES string of the molecule is COc1ccc(OC)c([C@H]2CC(=O)Nc3c2c(C)nn3-c2ccc(=O)[nH]n2)c1. The molecule has 0 spiro atoms. The van der Waals surface area contributed by atoms with Gasteiger partial charge in [0.15, 0.2) is 5.82 Å². The van der Waals surface area contributed by atoms with Crippen LogP contribution in [0.5, 0.6) is 11.5 Å². The fourth-order valence-corrected chi connectivity index (χ4v) is 3.55. The molecule has 1 aromatic carbocycles. The van der Waals surface area contributed by atoms with Gasteiger partial charge >= 0.3 is 0 Å². The van der Waals surface area contributed by atoms with Gasteiger partial charge < -0.3 is 14.8 Å². The Bertz CT molecular complexity index is 1100. The van der Waals surface area contributed by atoms with Gasteiger partial charge in [0.25, 0.3) is 5.56 Å². The molecule has 9 nitrogen and oxygen atoms in total. The molecule has 0 saturated heterocycles. The molecule has 1 aliphatic heterocycles. The largest absolute Gasteiger partial charge is 0.497 e. The van der Waals surface area contributed by atoms with Crippen LogP contribution in [-0.2, 0) is 4.79 Å². The minimum absolute atomic E-state index is 0.145. The zero-order valence-electron chi connectivity index (χ0n) is 15.6. The van der Waals surface area contributed by atoms with Crippen LogP contribution in [-0.4, -0.2) is 40.1 Å². The van der Waals surface area contributed by atoms with E-state index in [0.29, 0.717) is 23.1 Å². The number of amides is 1. The third kappa shape index (κ3) is 2.90. The number of H-pyrrole nitrogens is 1. The van der Waals surface area contributed by atoms with Crippen molar-refractivity contribution in [3.63, 3.8) is 0 Å². The number of anilines is 1. The van der Waals surface area contributed by atoms with Gasteiger partial charge in [0.05, 0.1) is 19.9 Å². The lowest BCUT2D eigenvalue weighted by molar-refractivity contribution is -0.116. The molecule has 2 aromatic heterocycles. The minimum Gasteiger partial charge on any atom is -0.497 e. The summed E-state index contributed by atoms with van der Waals surface area (Å²) in [6.07, 6.45) is 0.252. The summed E-state index contributed by atoms with van der Waals surface area (Å²) < 4.78 is 12.4. The molecule has 1 atom stereocenters. The van der Waals surface area contributed by atoms with E-state index >= 15 is 0 Å². The maximum atomic E-state index is 12.5. The van der Waals surface area contributed by atoms with Gasteiger partial charge in [-0.2, -0.15) is 14.9 Å². The Hall–Kier alpha value is -3.62. The molecule has 28 heavy (non-hydrogen) atoms. The van der Waals surface area contributed by atoms with Crippen LogP contribution in [0.15, 0.2) is 35.1 Å². The van der Waals surface area contributed by atoms with Gasteiger partial charge in [-0.25, -0.2) is 5.10 Å². The molecule has 9 heteroatoms. The molecular weight excluding hydrogens is 362 g/mol. The van der Waals surface area contributed by atoms with Crippen molar-refractivity contribution in [2.75, 3.05) is 19.5 Å². The topological polar surface area (TPSA) is 111 Å². The van der Waals surface area contributed by atoms with E-state index < -0.39 is 0 Å². The van der Waals surface area contributed by atoms with E-state index in [-0.39, 0.29) is 23.8 Å². The number of nitrogens with zero attached hydrogens (tertiary/aromatic N) is 3. The summed E-state index contributed by atoms with van der Waals surface area (Å²) in [5.74, 6) is 1.88. The van der Waals surface area contributed by atoms with E-state index in [2.05, 4.69) is 20.6 Å². The smallest absolute Gasteiger partial charge is 0.264 e. The summed E-state index contributed by atoms with van der Waals surface area (Å²) >= 11 is 0. The van der Waals surface area contributed by atoms with Crippen molar-refractivity contribution in [1.82, 2.24) is 20.0 Å². The van der Waals surface area contributed by atoms with Crippen molar-refractivity contribution in [2.45, 2.75) is 19.3 Å². The van der Waals surface area contributed by atoms with Crippen molar-refractivity contribution in [3.8, 4) is 17.3 Å². The molecule has 4 rings (SSSR count). The normalized spacial score (nSPS) is 15.7. The van der Waals surface area contributed by atoms with Gasteiger partial charge in [-0.05, 0) is 31.2 Å². The fourth-order valence-electron chi connectivity index (χ4n) is 3.55. The number of aryl methyl sites for hydroxylation is 1. The molecule has 0 aliphatic carbocycles. The average Bonchev–Trinajstić information content (AvgIpc) is 3.03. The molecule has 0 bridgehead atoms. The first-order valence-electron chi connectivity index (χ1n) is 8.69. The Labute approximate surface area is 160 Å². The number of rotatable bonds is 4. The number of benzene rings is 1. The van der Waals surface area contributed by atoms with Gasteiger partial charge in [-0.3, -0.25) is 9.59 Å². The number of carbonyl (C=O) groups is 1. The zero-order valence-corrected chi connectivity index (χ0v) is 15.6. The van der Waals surface area contributed by atoms with Gasteiger partial charge in [0, 0.05) is 29.5 Å². The Balaban J connectivity index is 1.90. The average molecular weight is 381 g/mol. The lowest BCUT2D eigenvalue weighted by Crippen LogP contribution is -2.25. The number of hydrogen-bond donors (Lipinski definition) is 2. The maximum absolute atomic E-state index is 12.5. The number of carbonyl (C=O) groups excluding carboxylic acids is 1. The van der Waals surface area contributed by atoms with Crippen LogP contribution < -0.4 is 20.3 Å². The Kier molecular flexibility index (Phi) is 4.34. The number of aromatic amines is 1. The van der Waals surface area contributed by atoms with Crippen LogP contribution in [0.4, 0.5) is 5.82 Å². The Morgan fingerprint density at radius 2 is 1.96 bits per heavy atom. The molecule has 3 aromatic rings. The molecule has 144 valence electrons. The number of hydrogen-bond acceptors (Lipinski definition) is 6. The highest BCUT2D eigenvalue weighted by Gasteiger charge is 2.34. The highest BCUT2D eigenvalue weighted by molar-refractivity contribution is 5.95. The van der Waals surface area contributed by atoms with Gasteiger partial charge in [-0.1, -0.05) is 0 Å². The van der Waals surface area contributed by atoms with Crippen molar-refractivity contribution < 1.29 is 14.3 Å². The molecule has 0 unspecified atom stereocenters. The summed E-state index contributed by atoms with van der Waals surface area (Å²) in [6.45, 7) is 1.87. The van der Waals surface area contributed by atoms with Crippen molar-refractivity contribution in [3.05, 3.63) is 57.5 Å². The fraction of sp³-hybridized carbons (Fsp3) is 0.263. The molecule has 3 heterocycles.